The lowest BCUT2D eigenvalue weighted by Crippen LogP contribution is -2.50. The van der Waals surface area contributed by atoms with Gasteiger partial charge in [-0.25, -0.2) is 0 Å². The van der Waals surface area contributed by atoms with Gasteiger partial charge in [0.05, 0.1) is 19.0 Å². The highest BCUT2D eigenvalue weighted by molar-refractivity contribution is 6.30. The first-order valence-electron chi connectivity index (χ1n) is 9.95. The van der Waals surface area contributed by atoms with Gasteiger partial charge in [-0.3, -0.25) is 9.69 Å². The van der Waals surface area contributed by atoms with Gasteiger partial charge in [0, 0.05) is 49.1 Å². The molecule has 0 aliphatic carbocycles. The summed E-state index contributed by atoms with van der Waals surface area (Å²) in [5.74, 6) is 0.0430. The number of carbonyl (C=O) groups excluding carboxylic acids is 1. The molecule has 0 aromatic heterocycles. The van der Waals surface area contributed by atoms with E-state index < -0.39 is 0 Å². The maximum Gasteiger partial charge on any atom is 0.241 e. The van der Waals surface area contributed by atoms with Gasteiger partial charge in [-0.2, -0.15) is 5.26 Å². The van der Waals surface area contributed by atoms with E-state index in [9.17, 15) is 4.79 Å². The average molecular weight is 411 g/mol. The average Bonchev–Trinajstić information content (AvgIpc) is 2.68. The number of rotatable bonds is 6. The van der Waals surface area contributed by atoms with Gasteiger partial charge >= 0.3 is 0 Å². The molecule has 2 aromatic rings. The van der Waals surface area contributed by atoms with Crippen LogP contribution in [0.25, 0.3) is 0 Å². The van der Waals surface area contributed by atoms with E-state index in [0.29, 0.717) is 19.5 Å². The topological polar surface area (TPSA) is 50.6 Å². The Hall–Kier alpha value is -2.55. The van der Waals surface area contributed by atoms with Crippen molar-refractivity contribution in [3.63, 3.8) is 0 Å². The van der Waals surface area contributed by atoms with Gasteiger partial charge in [-0.05, 0) is 55.3 Å². The fourth-order valence-corrected chi connectivity index (χ4v) is 3.96. The minimum atomic E-state index is 0.0430. The summed E-state index contributed by atoms with van der Waals surface area (Å²) in [6.45, 7) is 8.18. The first kappa shape index (κ1) is 21.2. The Morgan fingerprint density at radius 3 is 2.41 bits per heavy atom. The molecule has 0 unspecified atom stereocenters. The molecule has 0 atom stereocenters. The van der Waals surface area contributed by atoms with Crippen LogP contribution in [0.2, 0.25) is 5.02 Å². The molecule has 1 saturated heterocycles. The molecular formula is C23H27ClN4O. The summed E-state index contributed by atoms with van der Waals surface area (Å²) in [5.41, 5.74) is 4.23. The highest BCUT2D eigenvalue weighted by Crippen LogP contribution is 2.22. The number of hydrogen-bond donors (Lipinski definition) is 0. The number of anilines is 2. The molecule has 5 nitrogen and oxygen atoms in total. The highest BCUT2D eigenvalue weighted by atomic mass is 35.5. The lowest BCUT2D eigenvalue weighted by Gasteiger charge is -2.36. The molecule has 6 heteroatoms. The summed E-state index contributed by atoms with van der Waals surface area (Å²) in [6, 6.07) is 16.2. The van der Waals surface area contributed by atoms with Crippen molar-refractivity contribution in [1.29, 1.82) is 5.26 Å². The molecule has 0 N–H and O–H groups in total. The minimum absolute atomic E-state index is 0.0430. The molecule has 1 fully saturated rings. The third kappa shape index (κ3) is 5.72. The van der Waals surface area contributed by atoms with E-state index in [4.69, 9.17) is 16.9 Å². The summed E-state index contributed by atoms with van der Waals surface area (Å²) in [4.78, 5) is 19.3. The van der Waals surface area contributed by atoms with Gasteiger partial charge in [-0.15, -0.1) is 0 Å². The Labute approximate surface area is 178 Å². The number of benzene rings is 2. The van der Waals surface area contributed by atoms with Crippen LogP contribution in [0.3, 0.4) is 0 Å². The van der Waals surface area contributed by atoms with Crippen LogP contribution < -0.4 is 9.80 Å². The number of nitrogens with zero attached hydrogens (tertiary/aromatic N) is 4. The van der Waals surface area contributed by atoms with E-state index in [0.717, 1.165) is 53.7 Å². The number of amides is 1. The van der Waals surface area contributed by atoms with E-state index in [1.165, 1.54) is 0 Å². The zero-order valence-corrected chi connectivity index (χ0v) is 17.8. The maximum atomic E-state index is 13.1. The van der Waals surface area contributed by atoms with Crippen LogP contribution in [-0.2, 0) is 4.79 Å². The summed E-state index contributed by atoms with van der Waals surface area (Å²) in [5, 5.41) is 9.76. The first-order chi connectivity index (χ1) is 14.0. The van der Waals surface area contributed by atoms with Crippen LogP contribution in [0.5, 0.6) is 0 Å². The number of piperazine rings is 1. The molecule has 1 amide bonds. The molecule has 1 heterocycles. The third-order valence-electron chi connectivity index (χ3n) is 5.17. The fraction of sp³-hybridized carbons (Fsp3) is 0.391. The summed E-state index contributed by atoms with van der Waals surface area (Å²) >= 11 is 6.11. The second-order valence-electron chi connectivity index (χ2n) is 7.54. The molecule has 152 valence electrons. The normalized spacial score (nSPS) is 14.5. The van der Waals surface area contributed by atoms with E-state index in [1.54, 1.807) is 4.90 Å². The molecule has 0 radical (unpaired) electrons. The summed E-state index contributed by atoms with van der Waals surface area (Å²) in [6.07, 6.45) is 0.321. The zero-order valence-electron chi connectivity index (χ0n) is 17.1. The number of nitriles is 1. The Bertz CT molecular complexity index is 880. The number of carbonyl (C=O) groups is 1. The van der Waals surface area contributed by atoms with Crippen LogP contribution in [0.15, 0.2) is 42.5 Å². The van der Waals surface area contributed by atoms with Gasteiger partial charge in [-0.1, -0.05) is 23.7 Å². The number of aryl methyl sites for hydroxylation is 2. The van der Waals surface area contributed by atoms with Crippen LogP contribution in [0.4, 0.5) is 11.4 Å². The fourth-order valence-electron chi connectivity index (χ4n) is 3.78. The van der Waals surface area contributed by atoms with Crippen LogP contribution >= 0.6 is 11.6 Å². The van der Waals surface area contributed by atoms with E-state index >= 15 is 0 Å². The minimum Gasteiger partial charge on any atom is -0.369 e. The second-order valence-corrected chi connectivity index (χ2v) is 7.98. The van der Waals surface area contributed by atoms with Gasteiger partial charge in [0.1, 0.15) is 0 Å². The van der Waals surface area contributed by atoms with Crippen molar-refractivity contribution in [1.82, 2.24) is 4.90 Å². The summed E-state index contributed by atoms with van der Waals surface area (Å²) in [7, 11) is 0. The molecule has 3 rings (SSSR count). The standard InChI is InChI=1S/C23H27ClN4O/c1-18-13-19(2)15-22(14-18)28(8-4-7-25)23(29)17-26-9-11-27(12-10-26)21-6-3-5-20(24)16-21/h3,5-6,13-16H,4,8-12,17H2,1-2H3. The van der Waals surface area contributed by atoms with Crippen molar-refractivity contribution in [3.05, 3.63) is 58.6 Å². The van der Waals surface area contributed by atoms with E-state index in [-0.39, 0.29) is 5.91 Å². The monoisotopic (exact) mass is 410 g/mol. The van der Waals surface area contributed by atoms with Crippen LogP contribution in [0, 0.1) is 25.2 Å². The Morgan fingerprint density at radius 2 is 1.79 bits per heavy atom. The van der Waals surface area contributed by atoms with Crippen molar-refractivity contribution in [2.24, 2.45) is 0 Å². The van der Waals surface area contributed by atoms with Crippen molar-refractivity contribution < 1.29 is 4.79 Å². The van der Waals surface area contributed by atoms with Gasteiger partial charge in [0.15, 0.2) is 0 Å². The lowest BCUT2D eigenvalue weighted by molar-refractivity contribution is -0.119. The van der Waals surface area contributed by atoms with Crippen LogP contribution in [-0.4, -0.2) is 50.1 Å². The predicted octanol–water partition coefficient (Wildman–Crippen LogP) is 4.03. The SMILES string of the molecule is Cc1cc(C)cc(N(CCC#N)C(=O)CN2CCN(c3cccc(Cl)c3)CC2)c1. The molecule has 2 aromatic carbocycles. The van der Waals surface area contributed by atoms with Crippen molar-refractivity contribution in [2.75, 3.05) is 49.1 Å². The third-order valence-corrected chi connectivity index (χ3v) is 5.41. The molecule has 1 aliphatic heterocycles. The Morgan fingerprint density at radius 1 is 1.10 bits per heavy atom. The number of hydrogen-bond acceptors (Lipinski definition) is 4. The highest BCUT2D eigenvalue weighted by Gasteiger charge is 2.23. The smallest absolute Gasteiger partial charge is 0.241 e. The first-order valence-corrected chi connectivity index (χ1v) is 10.3. The van der Waals surface area contributed by atoms with E-state index in [1.807, 2.05) is 44.2 Å². The predicted molar refractivity (Wildman–Crippen MR) is 119 cm³/mol. The largest absolute Gasteiger partial charge is 0.369 e. The Balaban J connectivity index is 1.63. The molecule has 29 heavy (non-hydrogen) atoms. The molecule has 0 saturated carbocycles. The van der Waals surface area contributed by atoms with Gasteiger partial charge in [0.25, 0.3) is 0 Å². The quantitative estimate of drug-likeness (QED) is 0.721. The summed E-state index contributed by atoms with van der Waals surface area (Å²) < 4.78 is 0. The molecule has 0 bridgehead atoms. The van der Waals surface area contributed by atoms with Crippen molar-refractivity contribution in [3.8, 4) is 6.07 Å². The van der Waals surface area contributed by atoms with Crippen molar-refractivity contribution >= 4 is 28.9 Å². The van der Waals surface area contributed by atoms with Crippen molar-refractivity contribution in [2.45, 2.75) is 20.3 Å². The number of halogens is 1. The lowest BCUT2D eigenvalue weighted by atomic mass is 10.1. The van der Waals surface area contributed by atoms with Gasteiger partial charge < -0.3 is 9.80 Å². The van der Waals surface area contributed by atoms with E-state index in [2.05, 4.69) is 28.0 Å². The maximum absolute atomic E-state index is 13.1. The van der Waals surface area contributed by atoms with Crippen LogP contribution in [0.1, 0.15) is 17.5 Å². The van der Waals surface area contributed by atoms with Gasteiger partial charge in [0.2, 0.25) is 5.91 Å². The molecular weight excluding hydrogens is 384 g/mol. The second kappa shape index (κ2) is 9.78. The Kier molecular flexibility index (Phi) is 7.13. The molecule has 0 spiro atoms. The molecule has 1 aliphatic rings. The zero-order chi connectivity index (χ0) is 20.8.